The third-order valence-electron chi connectivity index (χ3n) is 3.23. The molecule has 0 atom stereocenters. The topological polar surface area (TPSA) is 55.8 Å². The van der Waals surface area contributed by atoms with Gasteiger partial charge in [0.1, 0.15) is 11.5 Å². The average molecular weight is 321 g/mol. The fourth-order valence-corrected chi connectivity index (χ4v) is 3.16. The van der Waals surface area contributed by atoms with Crippen LogP contribution in [0.4, 0.5) is 5.69 Å². The van der Waals surface area contributed by atoms with Gasteiger partial charge < -0.3 is 9.47 Å². The maximum Gasteiger partial charge on any atom is 0.264 e. The predicted molar refractivity (Wildman–Crippen MR) is 86.2 cm³/mol. The smallest absolute Gasteiger partial charge is 0.264 e. The van der Waals surface area contributed by atoms with E-state index in [1.54, 1.807) is 36.4 Å². The Morgan fingerprint density at radius 3 is 2.00 bits per heavy atom. The number of hydrogen-bond donors (Lipinski definition) is 0. The Labute approximate surface area is 131 Å². The monoisotopic (exact) mass is 321 g/mol. The Morgan fingerprint density at radius 1 is 0.955 bits per heavy atom. The van der Waals surface area contributed by atoms with E-state index in [-0.39, 0.29) is 4.90 Å². The number of rotatable bonds is 6. The minimum atomic E-state index is -3.61. The van der Waals surface area contributed by atoms with Crippen molar-refractivity contribution in [3.05, 3.63) is 48.5 Å². The highest BCUT2D eigenvalue weighted by Crippen LogP contribution is 2.25. The standard InChI is InChI=1S/C16H19NO4S/c1-4-21-15-7-5-13(6-8-15)17(2)22(18,19)16-11-9-14(20-3)10-12-16/h5-12H,4H2,1-3H3. The van der Waals surface area contributed by atoms with Crippen molar-refractivity contribution in [1.29, 1.82) is 0 Å². The van der Waals surface area contributed by atoms with Crippen molar-refractivity contribution >= 4 is 15.7 Å². The maximum atomic E-state index is 12.6. The number of hydrogen-bond acceptors (Lipinski definition) is 4. The Balaban J connectivity index is 2.27. The molecule has 0 spiro atoms. The lowest BCUT2D eigenvalue weighted by molar-refractivity contribution is 0.340. The molecule has 6 heteroatoms. The van der Waals surface area contributed by atoms with Gasteiger partial charge in [-0.05, 0) is 55.5 Å². The fourth-order valence-electron chi connectivity index (χ4n) is 1.96. The Kier molecular flexibility index (Phi) is 4.92. The quantitative estimate of drug-likeness (QED) is 0.821. The third kappa shape index (κ3) is 3.33. The first-order valence-corrected chi connectivity index (χ1v) is 8.29. The van der Waals surface area contributed by atoms with Gasteiger partial charge in [-0.15, -0.1) is 0 Å². The van der Waals surface area contributed by atoms with Crippen LogP contribution in [0, 0.1) is 0 Å². The van der Waals surface area contributed by atoms with E-state index in [9.17, 15) is 8.42 Å². The summed E-state index contributed by atoms with van der Waals surface area (Å²) in [4.78, 5) is 0.213. The van der Waals surface area contributed by atoms with E-state index in [1.165, 1.54) is 30.6 Å². The van der Waals surface area contributed by atoms with Crippen molar-refractivity contribution in [2.75, 3.05) is 25.1 Å². The minimum Gasteiger partial charge on any atom is -0.497 e. The molecule has 0 bridgehead atoms. The van der Waals surface area contributed by atoms with Gasteiger partial charge in [0, 0.05) is 7.05 Å². The Bertz CT molecular complexity index is 709. The molecule has 2 aromatic rings. The highest BCUT2D eigenvalue weighted by Gasteiger charge is 2.21. The van der Waals surface area contributed by atoms with Crippen LogP contribution in [-0.4, -0.2) is 29.2 Å². The second-order valence-electron chi connectivity index (χ2n) is 4.57. The number of ether oxygens (including phenoxy) is 2. The molecule has 0 fully saturated rings. The van der Waals surface area contributed by atoms with E-state index >= 15 is 0 Å². The van der Waals surface area contributed by atoms with Crippen LogP contribution in [-0.2, 0) is 10.0 Å². The van der Waals surface area contributed by atoms with Crippen LogP contribution in [0.15, 0.2) is 53.4 Å². The lowest BCUT2D eigenvalue weighted by Gasteiger charge is -2.20. The summed E-state index contributed by atoms with van der Waals surface area (Å²) in [7, 11) is -0.545. The minimum absolute atomic E-state index is 0.213. The molecule has 0 aliphatic rings. The lowest BCUT2D eigenvalue weighted by atomic mass is 10.3. The van der Waals surface area contributed by atoms with Gasteiger partial charge in [-0.2, -0.15) is 0 Å². The van der Waals surface area contributed by atoms with E-state index < -0.39 is 10.0 Å². The van der Waals surface area contributed by atoms with Crippen molar-refractivity contribution in [3.63, 3.8) is 0 Å². The van der Waals surface area contributed by atoms with Gasteiger partial charge in [-0.3, -0.25) is 4.31 Å². The van der Waals surface area contributed by atoms with Crippen molar-refractivity contribution in [2.24, 2.45) is 0 Å². The summed E-state index contributed by atoms with van der Waals surface area (Å²) in [6.07, 6.45) is 0. The largest absolute Gasteiger partial charge is 0.497 e. The van der Waals surface area contributed by atoms with Crippen LogP contribution in [0.1, 0.15) is 6.92 Å². The van der Waals surface area contributed by atoms with E-state index in [2.05, 4.69) is 0 Å². The molecule has 0 unspecified atom stereocenters. The zero-order chi connectivity index (χ0) is 16.2. The van der Waals surface area contributed by atoms with E-state index in [4.69, 9.17) is 9.47 Å². The van der Waals surface area contributed by atoms with Gasteiger partial charge in [0.05, 0.1) is 24.3 Å². The molecular formula is C16H19NO4S. The summed E-state index contributed by atoms with van der Waals surface area (Å²) in [6, 6.07) is 13.2. The highest BCUT2D eigenvalue weighted by atomic mass is 32.2. The van der Waals surface area contributed by atoms with Gasteiger partial charge in [0.25, 0.3) is 10.0 Å². The second kappa shape index (κ2) is 6.70. The number of nitrogens with zero attached hydrogens (tertiary/aromatic N) is 1. The van der Waals surface area contributed by atoms with Gasteiger partial charge in [0.2, 0.25) is 0 Å². The molecule has 0 radical (unpaired) electrons. The second-order valence-corrected chi connectivity index (χ2v) is 6.54. The van der Waals surface area contributed by atoms with Gasteiger partial charge >= 0.3 is 0 Å². The molecular weight excluding hydrogens is 302 g/mol. The highest BCUT2D eigenvalue weighted by molar-refractivity contribution is 7.92. The van der Waals surface area contributed by atoms with Crippen molar-refractivity contribution in [2.45, 2.75) is 11.8 Å². The van der Waals surface area contributed by atoms with Crippen molar-refractivity contribution in [3.8, 4) is 11.5 Å². The first-order valence-electron chi connectivity index (χ1n) is 6.85. The summed E-state index contributed by atoms with van der Waals surface area (Å²) < 4.78 is 36.8. The van der Waals surface area contributed by atoms with Crippen LogP contribution >= 0.6 is 0 Å². The summed E-state index contributed by atoms with van der Waals surface area (Å²) in [5.41, 5.74) is 0.569. The van der Waals surface area contributed by atoms with E-state index in [0.29, 0.717) is 23.8 Å². The molecule has 0 heterocycles. The first-order chi connectivity index (χ1) is 10.5. The number of benzene rings is 2. The summed E-state index contributed by atoms with van der Waals surface area (Å²) in [6.45, 7) is 2.47. The summed E-state index contributed by atoms with van der Waals surface area (Å²) in [5.74, 6) is 1.32. The molecule has 0 aliphatic heterocycles. The van der Waals surface area contributed by atoms with Crippen LogP contribution in [0.2, 0.25) is 0 Å². The summed E-state index contributed by atoms with van der Waals surface area (Å²) >= 11 is 0. The average Bonchev–Trinajstić information content (AvgIpc) is 2.55. The molecule has 0 saturated heterocycles. The number of sulfonamides is 1. The molecule has 2 aromatic carbocycles. The number of methoxy groups -OCH3 is 1. The molecule has 0 saturated carbocycles. The Morgan fingerprint density at radius 2 is 1.50 bits per heavy atom. The molecule has 5 nitrogen and oxygen atoms in total. The molecule has 22 heavy (non-hydrogen) atoms. The van der Waals surface area contributed by atoms with Crippen LogP contribution in [0.5, 0.6) is 11.5 Å². The van der Waals surface area contributed by atoms with Crippen molar-refractivity contribution < 1.29 is 17.9 Å². The Hall–Kier alpha value is -2.21. The van der Waals surface area contributed by atoms with Gasteiger partial charge in [-0.25, -0.2) is 8.42 Å². The predicted octanol–water partition coefficient (Wildman–Crippen LogP) is 2.92. The maximum absolute atomic E-state index is 12.6. The van der Waals surface area contributed by atoms with Crippen LogP contribution < -0.4 is 13.8 Å². The van der Waals surface area contributed by atoms with E-state index in [1.807, 2.05) is 6.92 Å². The lowest BCUT2D eigenvalue weighted by Crippen LogP contribution is -2.26. The SMILES string of the molecule is CCOc1ccc(N(C)S(=O)(=O)c2ccc(OC)cc2)cc1. The third-order valence-corrected chi connectivity index (χ3v) is 5.03. The molecule has 0 N–H and O–H groups in total. The van der Waals surface area contributed by atoms with Crippen molar-refractivity contribution in [1.82, 2.24) is 0 Å². The van der Waals surface area contributed by atoms with Gasteiger partial charge in [0.15, 0.2) is 0 Å². The van der Waals surface area contributed by atoms with Crippen LogP contribution in [0.25, 0.3) is 0 Å². The molecule has 0 aromatic heterocycles. The van der Waals surface area contributed by atoms with E-state index in [0.717, 1.165) is 0 Å². The van der Waals surface area contributed by atoms with Gasteiger partial charge in [-0.1, -0.05) is 0 Å². The molecule has 0 amide bonds. The normalized spacial score (nSPS) is 11.0. The zero-order valence-corrected chi connectivity index (χ0v) is 13.6. The molecule has 2 rings (SSSR count). The van der Waals surface area contributed by atoms with Crippen LogP contribution in [0.3, 0.4) is 0 Å². The molecule has 118 valence electrons. The molecule has 0 aliphatic carbocycles. The number of anilines is 1. The fraction of sp³-hybridized carbons (Fsp3) is 0.250. The first kappa shape index (κ1) is 16.2. The summed E-state index contributed by atoms with van der Waals surface area (Å²) in [5, 5.41) is 0. The zero-order valence-electron chi connectivity index (χ0n) is 12.8.